The largest absolute Gasteiger partial charge is 0.459 e. The lowest BCUT2D eigenvalue weighted by Crippen LogP contribution is -2.14. The molecule has 312 valence electrons. The van der Waals surface area contributed by atoms with Crippen LogP contribution in [0.3, 0.4) is 0 Å². The molecule has 0 aromatic carbocycles. The van der Waals surface area contributed by atoms with Gasteiger partial charge >= 0.3 is 11.9 Å². The van der Waals surface area contributed by atoms with Crippen LogP contribution in [0, 0.1) is 0 Å². The molecule has 0 aromatic heterocycles. The Morgan fingerprint density at radius 3 is 0.453 bits per heavy atom. The Morgan fingerprint density at radius 1 is 0.321 bits per heavy atom. The van der Waals surface area contributed by atoms with Crippen molar-refractivity contribution in [2.45, 2.75) is 104 Å². The highest BCUT2D eigenvalue weighted by Gasteiger charge is 2.05. The molecule has 0 aromatic rings. The molecule has 0 atom stereocenters. The Hall–Kier alpha value is -4.96. The van der Waals surface area contributed by atoms with Crippen molar-refractivity contribution in [3.8, 4) is 0 Å². The van der Waals surface area contributed by atoms with E-state index in [1.165, 1.54) is 0 Å². The summed E-state index contributed by atoms with van der Waals surface area (Å²) in [5, 5.41) is 0. The maximum Gasteiger partial charge on any atom is 0.333 e. The highest BCUT2D eigenvalue weighted by Crippen LogP contribution is 1.94. The highest BCUT2D eigenvalue weighted by molar-refractivity contribution is 5.87. The van der Waals surface area contributed by atoms with Crippen LogP contribution in [0.5, 0.6) is 0 Å². The van der Waals surface area contributed by atoms with Crippen molar-refractivity contribution in [2.75, 3.05) is 13.2 Å². The zero-order valence-corrected chi connectivity index (χ0v) is 38.2. The molecule has 0 radical (unpaired) electrons. The number of hydrogen-bond acceptors (Lipinski definition) is 4. The quantitative estimate of drug-likeness (QED) is 0.122. The molecule has 0 heterocycles. The van der Waals surface area contributed by atoms with Crippen LogP contribution in [0.25, 0.3) is 0 Å². The molecule has 53 heavy (non-hydrogen) atoms. The average Bonchev–Trinajstić information content (AvgIpc) is 3.04. The summed E-state index contributed by atoms with van der Waals surface area (Å²) in [4.78, 5) is 21.7. The monoisotopic (exact) mass is 745 g/mol. The van der Waals surface area contributed by atoms with Crippen molar-refractivity contribution in [3.05, 3.63) is 189 Å². The zero-order chi connectivity index (χ0) is 46.3. The van der Waals surface area contributed by atoms with Gasteiger partial charge in [-0.1, -0.05) is 92.1 Å². The maximum absolute atomic E-state index is 10.8. The number of hydrogen-bond donors (Lipinski definition) is 0. The van der Waals surface area contributed by atoms with Crippen LogP contribution in [0.2, 0.25) is 0 Å². The van der Waals surface area contributed by atoms with E-state index in [-0.39, 0.29) is 13.2 Å². The molecule has 0 amide bonds. The molecule has 0 aliphatic carbocycles. The smallest absolute Gasteiger partial charge is 0.333 e. The minimum Gasteiger partial charge on any atom is -0.459 e. The van der Waals surface area contributed by atoms with Gasteiger partial charge in [0.2, 0.25) is 0 Å². The lowest BCUT2D eigenvalue weighted by molar-refractivity contribution is -0.147. The highest BCUT2D eigenvalue weighted by atomic mass is 16.6. The standard InChI is InChI=1S/C10H14O4.13C3H6/c1-7(2)9(11)13-5-6-14-10(12)8(3)4;13*1-3-2/h1,3,5-6H2,2,4H3;13*3H,1H2,2H3. The van der Waals surface area contributed by atoms with Crippen LogP contribution in [0.4, 0.5) is 0 Å². The topological polar surface area (TPSA) is 52.6 Å². The van der Waals surface area contributed by atoms with Crippen molar-refractivity contribution >= 4 is 11.9 Å². The Balaban J connectivity index is -0.0000000277. The summed E-state index contributed by atoms with van der Waals surface area (Å²) in [5.74, 6) is -0.979. The fourth-order valence-corrected chi connectivity index (χ4v) is 0.515. The first-order valence-corrected chi connectivity index (χ1v) is 16.9. The number of carbonyl (C=O) groups is 2. The summed E-state index contributed by atoms with van der Waals surface area (Å²) in [5.41, 5.74) is 0.632. The van der Waals surface area contributed by atoms with Crippen LogP contribution < -0.4 is 0 Å². The number of ether oxygens (including phenoxy) is 2. The van der Waals surface area contributed by atoms with E-state index in [1.54, 1.807) is 92.8 Å². The Bertz CT molecular complexity index is 619. The van der Waals surface area contributed by atoms with E-state index < -0.39 is 11.9 Å². The molecular weight excluding hydrogens is 653 g/mol. The van der Waals surface area contributed by atoms with Crippen molar-refractivity contribution in [2.24, 2.45) is 0 Å². The SMILES string of the molecule is C=C(C)C(=O)OCCOC(=O)C(=C)C.C=CC.C=CC.C=CC.C=CC.C=CC.C=CC.C=CC.C=CC.C=CC.C=CC.C=CC.C=CC.C=CC. The summed E-state index contributed by atoms with van der Waals surface area (Å²) in [6, 6.07) is 0. The molecular formula is C49H92O4. The summed E-state index contributed by atoms with van der Waals surface area (Å²) >= 11 is 0. The van der Waals surface area contributed by atoms with E-state index in [4.69, 9.17) is 0 Å². The van der Waals surface area contributed by atoms with Gasteiger partial charge in [0.05, 0.1) is 0 Å². The Kier molecular flexibility index (Phi) is 299. The first kappa shape index (κ1) is 91.7. The molecule has 0 saturated heterocycles. The molecule has 4 heteroatoms. The number of esters is 2. The summed E-state index contributed by atoms with van der Waals surface area (Å²) in [6.07, 6.45) is 22.8. The van der Waals surface area contributed by atoms with Crippen molar-refractivity contribution in [1.29, 1.82) is 0 Å². The van der Waals surface area contributed by atoms with E-state index in [0.717, 1.165) is 0 Å². The molecule has 0 aliphatic heterocycles. The molecule has 4 nitrogen and oxygen atoms in total. The molecule has 0 fully saturated rings. The number of allylic oxidation sites excluding steroid dienone is 13. The second-order valence-corrected chi connectivity index (χ2v) is 8.14. The lowest BCUT2D eigenvalue weighted by Gasteiger charge is -2.05. The summed E-state index contributed by atoms with van der Waals surface area (Å²) in [7, 11) is 0. The summed E-state index contributed by atoms with van der Waals surface area (Å²) in [6.45, 7) is 78.2. The van der Waals surface area contributed by atoms with E-state index in [0.29, 0.717) is 11.1 Å². The van der Waals surface area contributed by atoms with Gasteiger partial charge in [0, 0.05) is 11.1 Å². The fourth-order valence-electron chi connectivity index (χ4n) is 0.515. The van der Waals surface area contributed by atoms with E-state index in [9.17, 15) is 9.59 Å². The van der Waals surface area contributed by atoms with Gasteiger partial charge in [0.25, 0.3) is 0 Å². The van der Waals surface area contributed by atoms with Crippen LogP contribution in [0.15, 0.2) is 189 Å². The Labute approximate surface area is 336 Å². The zero-order valence-electron chi connectivity index (χ0n) is 38.2. The van der Waals surface area contributed by atoms with Crippen molar-refractivity contribution in [1.82, 2.24) is 0 Å². The van der Waals surface area contributed by atoms with Gasteiger partial charge in [-0.2, -0.15) is 0 Å². The minimum absolute atomic E-state index is 0.0325. The third-order valence-corrected chi connectivity index (χ3v) is 1.25. The normalized spacial score (nSPS) is 5.57. The molecule has 0 unspecified atom stereocenters. The first-order valence-electron chi connectivity index (χ1n) is 16.9. The number of carbonyl (C=O) groups excluding carboxylic acids is 2. The second-order valence-electron chi connectivity index (χ2n) is 8.14. The molecule has 0 rings (SSSR count). The first-order chi connectivity index (χ1) is 24.8. The fraction of sp³-hybridized carbons (Fsp3) is 0.347. The van der Waals surface area contributed by atoms with E-state index in [1.807, 2.05) is 90.0 Å². The van der Waals surface area contributed by atoms with Gasteiger partial charge < -0.3 is 9.47 Å². The molecule has 0 spiro atoms. The van der Waals surface area contributed by atoms with Crippen molar-refractivity contribution < 1.29 is 19.1 Å². The van der Waals surface area contributed by atoms with Gasteiger partial charge in [-0.15, -0.1) is 85.5 Å². The average molecular weight is 745 g/mol. The van der Waals surface area contributed by atoms with Crippen LogP contribution in [-0.4, -0.2) is 25.2 Å². The van der Waals surface area contributed by atoms with Crippen molar-refractivity contribution in [3.63, 3.8) is 0 Å². The third-order valence-electron chi connectivity index (χ3n) is 1.25. The van der Waals surface area contributed by atoms with Gasteiger partial charge in [0.15, 0.2) is 0 Å². The van der Waals surface area contributed by atoms with Gasteiger partial charge in [-0.3, -0.25) is 0 Å². The predicted molar refractivity (Wildman–Crippen MR) is 258 cm³/mol. The third kappa shape index (κ3) is 947. The van der Waals surface area contributed by atoms with Crippen LogP contribution in [0.1, 0.15) is 104 Å². The van der Waals surface area contributed by atoms with Crippen LogP contribution >= 0.6 is 0 Å². The van der Waals surface area contributed by atoms with Gasteiger partial charge in [-0.05, 0) is 104 Å². The molecule has 0 aliphatic rings. The second kappa shape index (κ2) is 173. The van der Waals surface area contributed by atoms with Gasteiger partial charge in [-0.25, -0.2) is 9.59 Å². The van der Waals surface area contributed by atoms with E-state index in [2.05, 4.69) is 108 Å². The number of rotatable bonds is 5. The molecule has 0 N–H and O–H groups in total. The molecule has 0 saturated carbocycles. The van der Waals surface area contributed by atoms with E-state index >= 15 is 0 Å². The maximum atomic E-state index is 10.8. The minimum atomic E-state index is -0.489. The molecule has 0 bridgehead atoms. The van der Waals surface area contributed by atoms with Crippen LogP contribution in [-0.2, 0) is 19.1 Å². The lowest BCUT2D eigenvalue weighted by atomic mass is 10.4. The predicted octanol–water partition coefficient (Wildman–Crippen LogP) is 16.7. The van der Waals surface area contributed by atoms with Gasteiger partial charge in [0.1, 0.15) is 13.2 Å². The summed E-state index contributed by atoms with van der Waals surface area (Å²) < 4.78 is 9.38. The Morgan fingerprint density at radius 2 is 0.396 bits per heavy atom.